The van der Waals surface area contributed by atoms with Gasteiger partial charge in [-0.25, -0.2) is 4.68 Å². The number of ketones is 1. The summed E-state index contributed by atoms with van der Waals surface area (Å²) in [5.41, 5.74) is 8.08. The summed E-state index contributed by atoms with van der Waals surface area (Å²) in [4.78, 5) is 12.9. The first-order valence-electron chi connectivity index (χ1n) is 7.79. The third-order valence-corrected chi connectivity index (χ3v) is 4.28. The summed E-state index contributed by atoms with van der Waals surface area (Å²) < 4.78 is 12.6. The van der Waals surface area contributed by atoms with Crippen molar-refractivity contribution in [3.05, 3.63) is 71.2 Å². The highest BCUT2D eigenvalue weighted by atomic mass is 35.5. The van der Waals surface area contributed by atoms with Gasteiger partial charge in [0.1, 0.15) is 11.3 Å². The number of nitrogens with zero attached hydrogens (tertiary/aromatic N) is 2. The van der Waals surface area contributed by atoms with E-state index in [4.69, 9.17) is 26.5 Å². The largest absolute Gasteiger partial charge is 0.496 e. The maximum Gasteiger partial charge on any atom is 0.234 e. The molecule has 2 aromatic heterocycles. The number of furan rings is 1. The molecule has 2 N–H and O–H groups in total. The summed E-state index contributed by atoms with van der Waals surface area (Å²) in [6.45, 7) is 0. The number of halogens is 1. The second-order valence-corrected chi connectivity index (χ2v) is 6.09. The molecular weight excluding hydrogens is 354 g/mol. The van der Waals surface area contributed by atoms with Crippen LogP contribution in [0.1, 0.15) is 16.1 Å². The number of rotatable bonds is 4. The fourth-order valence-electron chi connectivity index (χ4n) is 2.81. The van der Waals surface area contributed by atoms with Crippen LogP contribution in [0, 0.1) is 0 Å². The normalized spacial score (nSPS) is 11.0. The summed E-state index contributed by atoms with van der Waals surface area (Å²) in [5.74, 6) is 0.212. The van der Waals surface area contributed by atoms with E-state index in [9.17, 15) is 4.79 Å². The molecule has 0 aliphatic heterocycles. The minimum atomic E-state index is -0.333. The van der Waals surface area contributed by atoms with Crippen LogP contribution >= 0.6 is 11.6 Å². The summed E-state index contributed by atoms with van der Waals surface area (Å²) in [5, 5.41) is 5.34. The van der Waals surface area contributed by atoms with E-state index in [1.807, 2.05) is 6.07 Å². The van der Waals surface area contributed by atoms with Crippen molar-refractivity contribution >= 4 is 34.0 Å². The molecule has 0 saturated carbocycles. The van der Waals surface area contributed by atoms with Gasteiger partial charge in [-0.05, 0) is 24.3 Å². The predicted octanol–water partition coefficient (Wildman–Crippen LogP) is 4.09. The summed E-state index contributed by atoms with van der Waals surface area (Å²) in [6, 6.07) is 12.3. The van der Waals surface area contributed by atoms with E-state index in [1.165, 1.54) is 7.11 Å². The number of nitrogen functional groups attached to an aromatic ring is 1. The molecule has 7 heteroatoms. The molecule has 2 heterocycles. The highest BCUT2D eigenvalue weighted by Gasteiger charge is 2.23. The van der Waals surface area contributed by atoms with Gasteiger partial charge in [0.25, 0.3) is 0 Å². The summed E-state index contributed by atoms with van der Waals surface area (Å²) in [7, 11) is 1.51. The Morgan fingerprint density at radius 2 is 2.08 bits per heavy atom. The second kappa shape index (κ2) is 6.24. The van der Waals surface area contributed by atoms with Gasteiger partial charge in [-0.1, -0.05) is 23.7 Å². The Balaban J connectivity index is 1.81. The molecule has 0 amide bonds. The van der Waals surface area contributed by atoms with Crippen LogP contribution in [-0.2, 0) is 0 Å². The number of anilines is 1. The van der Waals surface area contributed by atoms with Gasteiger partial charge in [-0.15, -0.1) is 0 Å². The van der Waals surface area contributed by atoms with Crippen molar-refractivity contribution in [2.75, 3.05) is 12.8 Å². The van der Waals surface area contributed by atoms with Crippen molar-refractivity contribution in [3.63, 3.8) is 0 Å². The molecule has 0 fully saturated rings. The van der Waals surface area contributed by atoms with Gasteiger partial charge in [0, 0.05) is 17.6 Å². The van der Waals surface area contributed by atoms with Crippen LogP contribution in [-0.4, -0.2) is 22.7 Å². The Hall–Kier alpha value is -3.25. The molecule has 4 rings (SSSR count). The van der Waals surface area contributed by atoms with Gasteiger partial charge in [0.05, 0.1) is 35.3 Å². The van der Waals surface area contributed by atoms with Crippen LogP contribution in [0.5, 0.6) is 5.75 Å². The topological polar surface area (TPSA) is 83.3 Å². The van der Waals surface area contributed by atoms with Crippen LogP contribution < -0.4 is 10.5 Å². The highest BCUT2D eigenvalue weighted by Crippen LogP contribution is 2.33. The number of fused-ring (bicyclic) bond motifs is 1. The summed E-state index contributed by atoms with van der Waals surface area (Å²) in [6.07, 6.45) is 3.22. The third-order valence-electron chi connectivity index (χ3n) is 4.09. The molecule has 0 saturated heterocycles. The number of hydrogen-bond donors (Lipinski definition) is 1. The molecule has 26 heavy (non-hydrogen) atoms. The number of para-hydroxylation sites is 1. The fraction of sp³-hybridized carbons (Fsp3) is 0.0526. The van der Waals surface area contributed by atoms with Crippen LogP contribution in [0.25, 0.3) is 16.7 Å². The number of hydrogen-bond acceptors (Lipinski definition) is 5. The molecular formula is C19H14ClN3O3. The zero-order valence-corrected chi connectivity index (χ0v) is 14.5. The molecule has 0 radical (unpaired) electrons. The van der Waals surface area contributed by atoms with Crippen molar-refractivity contribution in [2.45, 2.75) is 0 Å². The van der Waals surface area contributed by atoms with Crippen LogP contribution in [0.3, 0.4) is 0 Å². The number of carbonyl (C=O) groups excluding carboxylic acids is 1. The third kappa shape index (κ3) is 2.60. The lowest BCUT2D eigenvalue weighted by Crippen LogP contribution is -2.05. The van der Waals surface area contributed by atoms with Crippen LogP contribution in [0.4, 0.5) is 5.69 Å². The molecule has 0 aliphatic carbocycles. The van der Waals surface area contributed by atoms with Gasteiger partial charge < -0.3 is 14.9 Å². The number of benzene rings is 2. The maximum atomic E-state index is 12.9. The Bertz CT molecular complexity index is 1130. The number of carbonyl (C=O) groups is 1. The van der Waals surface area contributed by atoms with E-state index in [0.29, 0.717) is 33.0 Å². The number of methoxy groups -OCH3 is 1. The predicted molar refractivity (Wildman–Crippen MR) is 99.2 cm³/mol. The smallest absolute Gasteiger partial charge is 0.234 e. The Morgan fingerprint density at radius 1 is 1.27 bits per heavy atom. The minimum absolute atomic E-state index is 0.0835. The van der Waals surface area contributed by atoms with E-state index in [0.717, 1.165) is 5.69 Å². The standard InChI is InChI=1S/C19H14ClN3O3/c1-25-15-5-3-2-4-14(15)18(24)19-17(21)13-7-6-12(8-16(13)26-19)23-10-11(20)9-22-23/h2-10H,21H2,1H3. The van der Waals surface area contributed by atoms with Crippen molar-refractivity contribution in [1.82, 2.24) is 9.78 Å². The Labute approximate surface area is 153 Å². The van der Waals surface area contributed by atoms with E-state index in [1.54, 1.807) is 53.5 Å². The fourth-order valence-corrected chi connectivity index (χ4v) is 2.95. The quantitative estimate of drug-likeness (QED) is 0.549. The minimum Gasteiger partial charge on any atom is -0.496 e. The first kappa shape index (κ1) is 16.2. The van der Waals surface area contributed by atoms with Crippen molar-refractivity contribution < 1.29 is 13.9 Å². The molecule has 130 valence electrons. The average Bonchev–Trinajstić information content (AvgIpc) is 3.24. The zero-order chi connectivity index (χ0) is 18.3. The average molecular weight is 368 g/mol. The van der Waals surface area contributed by atoms with E-state index < -0.39 is 0 Å². The first-order valence-corrected chi connectivity index (χ1v) is 8.16. The molecule has 0 bridgehead atoms. The van der Waals surface area contributed by atoms with Crippen LogP contribution in [0.2, 0.25) is 5.02 Å². The van der Waals surface area contributed by atoms with Gasteiger partial charge in [-0.3, -0.25) is 4.79 Å². The lowest BCUT2D eigenvalue weighted by Gasteiger charge is -2.05. The molecule has 4 aromatic rings. The lowest BCUT2D eigenvalue weighted by molar-refractivity contribution is 0.101. The van der Waals surface area contributed by atoms with E-state index in [2.05, 4.69) is 5.10 Å². The molecule has 2 aromatic carbocycles. The Morgan fingerprint density at radius 3 is 2.81 bits per heavy atom. The van der Waals surface area contributed by atoms with Crippen LogP contribution in [0.15, 0.2) is 59.3 Å². The van der Waals surface area contributed by atoms with Crippen molar-refractivity contribution in [3.8, 4) is 11.4 Å². The second-order valence-electron chi connectivity index (χ2n) is 5.66. The SMILES string of the molecule is COc1ccccc1C(=O)c1oc2cc(-n3cc(Cl)cn3)ccc2c1N. The van der Waals surface area contributed by atoms with E-state index in [-0.39, 0.29) is 11.5 Å². The highest BCUT2D eigenvalue weighted by molar-refractivity contribution is 6.30. The number of aromatic nitrogens is 2. The monoisotopic (exact) mass is 367 g/mol. The lowest BCUT2D eigenvalue weighted by atomic mass is 10.1. The molecule has 6 nitrogen and oxygen atoms in total. The van der Waals surface area contributed by atoms with Crippen molar-refractivity contribution in [1.29, 1.82) is 0 Å². The number of ether oxygens (including phenoxy) is 1. The first-order chi connectivity index (χ1) is 12.6. The van der Waals surface area contributed by atoms with Gasteiger partial charge >= 0.3 is 0 Å². The molecule has 0 aliphatic rings. The van der Waals surface area contributed by atoms with Crippen molar-refractivity contribution in [2.24, 2.45) is 0 Å². The zero-order valence-electron chi connectivity index (χ0n) is 13.8. The summed E-state index contributed by atoms with van der Waals surface area (Å²) >= 11 is 5.91. The van der Waals surface area contributed by atoms with Gasteiger partial charge in [0.15, 0.2) is 5.76 Å². The molecule has 0 atom stereocenters. The maximum absolute atomic E-state index is 12.9. The number of nitrogens with two attached hydrogens (primary N) is 1. The van der Waals surface area contributed by atoms with E-state index >= 15 is 0 Å². The van der Waals surface area contributed by atoms with Gasteiger partial charge in [0.2, 0.25) is 5.78 Å². The van der Waals surface area contributed by atoms with Gasteiger partial charge in [-0.2, -0.15) is 5.10 Å². The Kier molecular flexibility index (Phi) is 3.89. The molecule has 0 spiro atoms. The molecule has 0 unspecified atom stereocenters.